The van der Waals surface area contributed by atoms with Gasteiger partial charge in [0.05, 0.1) is 0 Å². The zero-order chi connectivity index (χ0) is 11.1. The molecule has 2 aliphatic heterocycles. The molecule has 0 saturated carbocycles. The van der Waals surface area contributed by atoms with Crippen molar-refractivity contribution < 1.29 is 4.79 Å². The second kappa shape index (κ2) is 4.03. The van der Waals surface area contributed by atoms with E-state index >= 15 is 0 Å². The number of nitrogens with zero attached hydrogens (tertiary/aromatic N) is 2. The number of rotatable bonds is 1. The van der Waals surface area contributed by atoms with Crippen molar-refractivity contribution in [1.82, 2.24) is 14.8 Å². The standard InChI is InChI=1S/C11H14IN3O/c12-9-2-4-15(6-9)11(16)13-10-7-14-3-1-8(10)5-14/h2,4,6,8,10H,1,3,5,7H2,(H,13,16)/t8-,10?/m0/s1. The maximum Gasteiger partial charge on any atom is 0.325 e. The Bertz CT molecular complexity index is 417. The second-order valence-corrected chi connectivity index (χ2v) is 5.85. The van der Waals surface area contributed by atoms with Gasteiger partial charge in [0, 0.05) is 35.1 Å². The third kappa shape index (κ3) is 1.86. The number of piperidine rings is 1. The van der Waals surface area contributed by atoms with Crippen molar-refractivity contribution in [2.24, 2.45) is 5.92 Å². The molecule has 86 valence electrons. The number of carbonyl (C=O) groups excluding carboxylic acids is 1. The highest BCUT2D eigenvalue weighted by atomic mass is 127. The van der Waals surface area contributed by atoms with E-state index in [2.05, 4.69) is 32.8 Å². The Kier molecular flexibility index (Phi) is 2.67. The number of carbonyl (C=O) groups is 1. The van der Waals surface area contributed by atoms with Crippen LogP contribution in [0.2, 0.25) is 0 Å². The summed E-state index contributed by atoms with van der Waals surface area (Å²) >= 11 is 2.21. The Labute approximate surface area is 108 Å². The van der Waals surface area contributed by atoms with Gasteiger partial charge in [-0.05, 0) is 47.5 Å². The molecular weight excluding hydrogens is 317 g/mol. The molecule has 4 nitrogen and oxygen atoms in total. The molecule has 2 unspecified atom stereocenters. The Morgan fingerprint density at radius 1 is 1.50 bits per heavy atom. The third-order valence-electron chi connectivity index (χ3n) is 3.53. The van der Waals surface area contributed by atoms with Crippen molar-refractivity contribution in [3.05, 3.63) is 22.0 Å². The summed E-state index contributed by atoms with van der Waals surface area (Å²) in [6.45, 7) is 3.39. The highest BCUT2D eigenvalue weighted by molar-refractivity contribution is 14.1. The van der Waals surface area contributed by atoms with Crippen molar-refractivity contribution in [2.75, 3.05) is 19.6 Å². The lowest BCUT2D eigenvalue weighted by Crippen LogP contribution is -2.44. The highest BCUT2D eigenvalue weighted by Crippen LogP contribution is 2.27. The Balaban J connectivity index is 1.65. The fraction of sp³-hybridized carbons (Fsp3) is 0.545. The second-order valence-electron chi connectivity index (χ2n) is 4.60. The van der Waals surface area contributed by atoms with E-state index in [0.717, 1.165) is 16.7 Å². The summed E-state index contributed by atoms with van der Waals surface area (Å²) < 4.78 is 2.72. The SMILES string of the molecule is O=C(NC1CN2CC[C@H]1C2)n1ccc(I)c1. The van der Waals surface area contributed by atoms with Crippen LogP contribution >= 0.6 is 22.6 Å². The van der Waals surface area contributed by atoms with E-state index in [0.29, 0.717) is 12.0 Å². The van der Waals surface area contributed by atoms with E-state index in [1.807, 2.05) is 18.5 Å². The number of hydrogen-bond acceptors (Lipinski definition) is 2. The zero-order valence-electron chi connectivity index (χ0n) is 8.90. The Morgan fingerprint density at radius 3 is 2.94 bits per heavy atom. The smallest absolute Gasteiger partial charge is 0.325 e. The van der Waals surface area contributed by atoms with Gasteiger partial charge in [-0.3, -0.25) is 4.57 Å². The molecule has 0 aromatic carbocycles. The first-order valence-electron chi connectivity index (χ1n) is 5.59. The van der Waals surface area contributed by atoms with Crippen LogP contribution in [-0.2, 0) is 0 Å². The number of aromatic nitrogens is 1. The van der Waals surface area contributed by atoms with E-state index < -0.39 is 0 Å². The summed E-state index contributed by atoms with van der Waals surface area (Å²) in [7, 11) is 0. The van der Waals surface area contributed by atoms with Crippen LogP contribution in [0.5, 0.6) is 0 Å². The normalized spacial score (nSPS) is 31.9. The van der Waals surface area contributed by atoms with Crippen molar-refractivity contribution in [2.45, 2.75) is 12.5 Å². The molecule has 2 bridgehead atoms. The topological polar surface area (TPSA) is 37.3 Å². The van der Waals surface area contributed by atoms with E-state index in [1.165, 1.54) is 13.0 Å². The molecule has 16 heavy (non-hydrogen) atoms. The van der Waals surface area contributed by atoms with Gasteiger partial charge in [0.2, 0.25) is 0 Å². The molecular formula is C11H14IN3O. The first-order chi connectivity index (χ1) is 7.72. The maximum atomic E-state index is 11.9. The van der Waals surface area contributed by atoms with Crippen LogP contribution in [0.15, 0.2) is 18.5 Å². The van der Waals surface area contributed by atoms with Gasteiger partial charge < -0.3 is 10.2 Å². The van der Waals surface area contributed by atoms with Crippen LogP contribution in [0.3, 0.4) is 0 Å². The lowest BCUT2D eigenvalue weighted by molar-refractivity contribution is 0.231. The third-order valence-corrected chi connectivity index (χ3v) is 4.17. The first-order valence-corrected chi connectivity index (χ1v) is 6.67. The molecule has 2 saturated heterocycles. The van der Waals surface area contributed by atoms with E-state index in [4.69, 9.17) is 0 Å². The molecule has 0 radical (unpaired) electrons. The van der Waals surface area contributed by atoms with Crippen molar-refractivity contribution in [3.8, 4) is 0 Å². The van der Waals surface area contributed by atoms with Gasteiger partial charge in [0.1, 0.15) is 0 Å². The molecule has 1 aromatic heterocycles. The fourth-order valence-corrected chi connectivity index (χ4v) is 3.14. The average Bonchev–Trinajstić information content (AvgIpc) is 2.92. The highest BCUT2D eigenvalue weighted by Gasteiger charge is 2.38. The summed E-state index contributed by atoms with van der Waals surface area (Å²) in [4.78, 5) is 14.3. The predicted octanol–water partition coefficient (Wildman–Crippen LogP) is 1.35. The van der Waals surface area contributed by atoms with Crippen molar-refractivity contribution in [1.29, 1.82) is 0 Å². The predicted molar refractivity (Wildman–Crippen MR) is 69.4 cm³/mol. The molecule has 1 amide bonds. The quantitative estimate of drug-likeness (QED) is 0.789. The zero-order valence-corrected chi connectivity index (χ0v) is 11.1. The molecule has 0 aliphatic carbocycles. The number of hydrogen-bond donors (Lipinski definition) is 1. The van der Waals surface area contributed by atoms with Crippen LogP contribution in [0.4, 0.5) is 4.79 Å². The maximum absolute atomic E-state index is 11.9. The molecule has 2 fully saturated rings. The van der Waals surface area contributed by atoms with E-state index in [9.17, 15) is 4.79 Å². The molecule has 3 heterocycles. The minimum Gasteiger partial charge on any atom is -0.333 e. The summed E-state index contributed by atoms with van der Waals surface area (Å²) in [6.07, 6.45) is 4.89. The van der Waals surface area contributed by atoms with Gasteiger partial charge in [-0.25, -0.2) is 4.79 Å². The number of halogens is 1. The largest absolute Gasteiger partial charge is 0.333 e. The van der Waals surface area contributed by atoms with Crippen LogP contribution in [0.25, 0.3) is 0 Å². The molecule has 3 atom stereocenters. The van der Waals surface area contributed by atoms with Gasteiger partial charge in [0.15, 0.2) is 0 Å². The molecule has 1 N–H and O–H groups in total. The van der Waals surface area contributed by atoms with Gasteiger partial charge in [0.25, 0.3) is 0 Å². The lowest BCUT2D eigenvalue weighted by atomic mass is 10.0. The summed E-state index contributed by atoms with van der Waals surface area (Å²) in [5, 5.41) is 3.12. The minimum atomic E-state index is 0.00154. The van der Waals surface area contributed by atoms with Crippen LogP contribution in [-0.4, -0.2) is 41.2 Å². The van der Waals surface area contributed by atoms with Crippen molar-refractivity contribution in [3.63, 3.8) is 0 Å². The lowest BCUT2D eigenvalue weighted by Gasteiger charge is -2.23. The van der Waals surface area contributed by atoms with Crippen LogP contribution in [0, 0.1) is 9.49 Å². The number of nitrogens with one attached hydrogen (secondary N) is 1. The summed E-state index contributed by atoms with van der Waals surface area (Å²) in [6, 6.07) is 2.28. The van der Waals surface area contributed by atoms with Gasteiger partial charge >= 0.3 is 6.03 Å². The van der Waals surface area contributed by atoms with Crippen molar-refractivity contribution >= 4 is 28.6 Å². The average molecular weight is 331 g/mol. The van der Waals surface area contributed by atoms with Gasteiger partial charge in [-0.15, -0.1) is 0 Å². The number of fused-ring (bicyclic) bond motifs is 2. The molecule has 0 spiro atoms. The number of amides is 1. The summed E-state index contributed by atoms with van der Waals surface area (Å²) in [5.41, 5.74) is 0. The van der Waals surface area contributed by atoms with Crippen LogP contribution < -0.4 is 5.32 Å². The van der Waals surface area contributed by atoms with Crippen LogP contribution in [0.1, 0.15) is 6.42 Å². The van der Waals surface area contributed by atoms with Gasteiger partial charge in [-0.1, -0.05) is 0 Å². The monoisotopic (exact) mass is 331 g/mol. The minimum absolute atomic E-state index is 0.00154. The first kappa shape index (κ1) is 10.6. The van der Waals surface area contributed by atoms with E-state index in [-0.39, 0.29) is 6.03 Å². The molecule has 3 rings (SSSR count). The van der Waals surface area contributed by atoms with Gasteiger partial charge in [-0.2, -0.15) is 0 Å². The Morgan fingerprint density at radius 2 is 2.38 bits per heavy atom. The molecule has 5 heteroatoms. The summed E-state index contributed by atoms with van der Waals surface area (Å²) in [5.74, 6) is 0.665. The fourth-order valence-electron chi connectivity index (χ4n) is 2.68. The molecule has 1 aromatic rings. The Hall–Kier alpha value is -0.560. The van der Waals surface area contributed by atoms with E-state index in [1.54, 1.807) is 4.57 Å². The molecule has 2 aliphatic rings.